The molecule has 0 aromatic heterocycles. The van der Waals surface area contributed by atoms with Crippen LogP contribution in [0, 0.1) is 33.9 Å². The third-order valence-corrected chi connectivity index (χ3v) is 11.4. The average Bonchev–Trinajstić information content (AvgIpc) is 3.29. The molecule has 0 spiro atoms. The van der Waals surface area contributed by atoms with Gasteiger partial charge in [0.05, 0.1) is 6.26 Å². The van der Waals surface area contributed by atoms with Gasteiger partial charge in [-0.1, -0.05) is 67.5 Å². The van der Waals surface area contributed by atoms with Gasteiger partial charge in [-0.15, -0.1) is 0 Å². The van der Waals surface area contributed by atoms with Crippen molar-refractivity contribution in [2.24, 2.45) is 28.1 Å². The van der Waals surface area contributed by atoms with Gasteiger partial charge in [0, 0.05) is 39.1 Å². The maximum atomic E-state index is 14.3. The fraction of sp³-hybridized carbons (Fsp3) is 0.714. The number of hydrogen-bond donors (Lipinski definition) is 4. The lowest BCUT2D eigenvalue weighted by Crippen LogP contribution is -2.62. The highest BCUT2D eigenvalue weighted by molar-refractivity contribution is 7.88. The number of urea groups is 1. The Labute approximate surface area is 300 Å². The minimum atomic E-state index is -3.54. The van der Waals surface area contributed by atoms with Gasteiger partial charge < -0.3 is 26.2 Å². The second-order valence-corrected chi connectivity index (χ2v) is 18.7. The number of halogens is 3. The summed E-state index contributed by atoms with van der Waals surface area (Å²) in [7, 11) is -2.14. The van der Waals surface area contributed by atoms with E-state index < -0.39 is 87.4 Å². The molecule has 3 rings (SSSR count). The standard InChI is InChI=1S/C35H55F3N6O6S/c1-33(2,3)24(19-43(9)51(10,49)50)41-32(48)42-28(34(4,5)6)31(47)44-18-22-26(35(22,7)8)27(44)30(46)40-23(17-25(37)38)29(45)39-15-14-20-12-11-13-21(36)16-20/h11-13,16,22-28H,14-15,17-19H2,1-10H3,(H,39,45)(H,40,46)(H2,41,42,48)/t22-,23-,24+,26-,27-,28+/m0/s1. The van der Waals surface area contributed by atoms with Gasteiger partial charge in [-0.2, -0.15) is 0 Å². The molecular formula is C35H55F3N6O6S. The molecular weight excluding hydrogens is 689 g/mol. The van der Waals surface area contributed by atoms with E-state index in [2.05, 4.69) is 21.3 Å². The molecule has 12 nitrogen and oxygen atoms in total. The van der Waals surface area contributed by atoms with Gasteiger partial charge in [0.15, 0.2) is 0 Å². The Morgan fingerprint density at radius 3 is 2.18 bits per heavy atom. The van der Waals surface area contributed by atoms with Gasteiger partial charge in [-0.3, -0.25) is 14.4 Å². The van der Waals surface area contributed by atoms with E-state index in [1.807, 2.05) is 34.6 Å². The Hall–Kier alpha value is -3.40. The van der Waals surface area contributed by atoms with Gasteiger partial charge in [0.1, 0.15) is 23.9 Å². The van der Waals surface area contributed by atoms with E-state index in [1.54, 1.807) is 26.8 Å². The molecule has 1 heterocycles. The maximum Gasteiger partial charge on any atom is 0.315 e. The molecule has 1 saturated heterocycles. The van der Waals surface area contributed by atoms with Gasteiger partial charge in [-0.05, 0) is 52.2 Å². The van der Waals surface area contributed by atoms with E-state index >= 15 is 0 Å². The Bertz CT molecular complexity index is 1560. The molecule has 2 aliphatic rings. The van der Waals surface area contributed by atoms with Crippen LogP contribution in [-0.4, -0.2) is 105 Å². The first-order chi connectivity index (χ1) is 23.2. The fourth-order valence-corrected chi connectivity index (χ4v) is 7.12. The zero-order valence-electron chi connectivity index (χ0n) is 31.3. The molecule has 1 aromatic carbocycles. The van der Waals surface area contributed by atoms with Crippen molar-refractivity contribution < 1.29 is 40.8 Å². The summed E-state index contributed by atoms with van der Waals surface area (Å²) in [6.07, 6.45) is -2.57. The number of benzene rings is 1. The van der Waals surface area contributed by atoms with Gasteiger partial charge >= 0.3 is 6.03 Å². The van der Waals surface area contributed by atoms with Crippen molar-refractivity contribution in [2.45, 2.75) is 98.8 Å². The number of piperidine rings is 1. The number of hydrogen-bond acceptors (Lipinski definition) is 6. The Kier molecular flexibility index (Phi) is 12.9. The van der Waals surface area contributed by atoms with Crippen molar-refractivity contribution in [3.63, 3.8) is 0 Å². The lowest BCUT2D eigenvalue weighted by molar-refractivity contribution is -0.144. The predicted octanol–water partition coefficient (Wildman–Crippen LogP) is 3.13. The van der Waals surface area contributed by atoms with Crippen LogP contribution in [0.15, 0.2) is 24.3 Å². The molecule has 0 radical (unpaired) electrons. The van der Waals surface area contributed by atoms with Crippen LogP contribution in [0.1, 0.15) is 67.4 Å². The second-order valence-electron chi connectivity index (χ2n) is 16.6. The van der Waals surface area contributed by atoms with Crippen LogP contribution < -0.4 is 21.3 Å². The summed E-state index contributed by atoms with van der Waals surface area (Å²) in [5.74, 6) is -2.96. The van der Waals surface area contributed by atoms with E-state index in [0.717, 1.165) is 10.6 Å². The van der Waals surface area contributed by atoms with E-state index in [4.69, 9.17) is 0 Å². The van der Waals surface area contributed by atoms with E-state index in [0.29, 0.717) is 5.56 Å². The second kappa shape index (κ2) is 15.7. The van der Waals surface area contributed by atoms with Crippen LogP contribution in [0.3, 0.4) is 0 Å². The molecule has 1 aromatic rings. The highest BCUT2D eigenvalue weighted by Gasteiger charge is 2.70. The number of alkyl halides is 2. The van der Waals surface area contributed by atoms with Crippen molar-refractivity contribution in [3.05, 3.63) is 35.6 Å². The molecule has 1 saturated carbocycles. The van der Waals surface area contributed by atoms with Crippen molar-refractivity contribution in [1.82, 2.24) is 30.5 Å². The van der Waals surface area contributed by atoms with Crippen molar-refractivity contribution in [3.8, 4) is 0 Å². The van der Waals surface area contributed by atoms with E-state index in [9.17, 15) is 40.8 Å². The summed E-state index contributed by atoms with van der Waals surface area (Å²) in [6, 6.07) is 0.599. The Morgan fingerprint density at radius 2 is 1.65 bits per heavy atom. The van der Waals surface area contributed by atoms with Gasteiger partial charge in [0.2, 0.25) is 34.2 Å². The van der Waals surface area contributed by atoms with Crippen LogP contribution in [0.4, 0.5) is 18.0 Å². The SMILES string of the molecule is CN(C[C@@H](NC(=O)N[C@H](C(=O)N1C[C@H]2[C@@H]([C@H]1C(=O)N[C@@H](CC(F)F)C(=O)NCCc1cccc(F)c1)C2(C)C)C(C)(C)C)C(C)(C)C)S(C)(=O)=O. The highest BCUT2D eigenvalue weighted by atomic mass is 32.2. The minimum absolute atomic E-state index is 0.0190. The van der Waals surface area contributed by atoms with Gasteiger partial charge in [0.25, 0.3) is 0 Å². The molecule has 51 heavy (non-hydrogen) atoms. The zero-order valence-corrected chi connectivity index (χ0v) is 32.1. The number of amides is 5. The quantitative estimate of drug-likeness (QED) is 0.230. The summed E-state index contributed by atoms with van der Waals surface area (Å²) in [6.45, 7) is 14.9. The first-order valence-corrected chi connectivity index (χ1v) is 19.0. The van der Waals surface area contributed by atoms with Crippen LogP contribution in [-0.2, 0) is 30.8 Å². The van der Waals surface area contributed by atoms with Crippen LogP contribution in [0.25, 0.3) is 0 Å². The van der Waals surface area contributed by atoms with Crippen molar-refractivity contribution in [2.75, 3.05) is 32.9 Å². The smallest absolute Gasteiger partial charge is 0.315 e. The first-order valence-electron chi connectivity index (χ1n) is 17.1. The Balaban J connectivity index is 1.79. The zero-order chi connectivity index (χ0) is 38.9. The lowest BCUT2D eigenvalue weighted by atomic mass is 9.85. The number of carbonyl (C=O) groups is 4. The molecule has 6 atom stereocenters. The molecule has 288 valence electrons. The first kappa shape index (κ1) is 42.0. The van der Waals surface area contributed by atoms with E-state index in [-0.39, 0.29) is 43.3 Å². The largest absolute Gasteiger partial charge is 0.354 e. The fourth-order valence-electron chi connectivity index (χ4n) is 6.70. The summed E-state index contributed by atoms with van der Waals surface area (Å²) in [5.41, 5.74) is -1.16. The number of likely N-dealkylation sites (tertiary alicyclic amines) is 1. The summed E-state index contributed by atoms with van der Waals surface area (Å²) in [4.78, 5) is 56.1. The third-order valence-electron chi connectivity index (χ3n) is 10.2. The monoisotopic (exact) mass is 744 g/mol. The highest BCUT2D eigenvalue weighted by Crippen LogP contribution is 2.65. The normalized spacial score (nSPS) is 21.8. The van der Waals surface area contributed by atoms with E-state index in [1.165, 1.54) is 30.1 Å². The number of carbonyl (C=O) groups excluding carboxylic acids is 4. The lowest BCUT2D eigenvalue weighted by Gasteiger charge is -2.39. The number of fused-ring (bicyclic) bond motifs is 1. The van der Waals surface area contributed by atoms with Crippen LogP contribution in [0.5, 0.6) is 0 Å². The number of likely N-dealkylation sites (N-methyl/N-ethyl adjacent to an activating group) is 1. The summed E-state index contributed by atoms with van der Waals surface area (Å²) >= 11 is 0. The third kappa shape index (κ3) is 10.8. The molecule has 0 unspecified atom stereocenters. The molecule has 2 fully saturated rings. The van der Waals surface area contributed by atoms with Crippen molar-refractivity contribution in [1.29, 1.82) is 0 Å². The van der Waals surface area contributed by atoms with Gasteiger partial charge in [-0.25, -0.2) is 30.7 Å². The number of rotatable bonds is 14. The molecule has 4 N–H and O–H groups in total. The predicted molar refractivity (Wildman–Crippen MR) is 188 cm³/mol. The number of nitrogens with one attached hydrogen (secondary N) is 4. The number of sulfonamides is 1. The average molecular weight is 745 g/mol. The van der Waals surface area contributed by atoms with Crippen molar-refractivity contribution >= 4 is 33.8 Å². The molecule has 5 amide bonds. The topological polar surface area (TPSA) is 157 Å². The maximum absolute atomic E-state index is 14.3. The van der Waals surface area contributed by atoms with Crippen LogP contribution in [0.2, 0.25) is 0 Å². The molecule has 0 bridgehead atoms. The Morgan fingerprint density at radius 1 is 1.02 bits per heavy atom. The molecule has 16 heteroatoms. The van der Waals surface area contributed by atoms with Crippen LogP contribution >= 0.6 is 0 Å². The number of nitrogens with zero attached hydrogens (tertiary/aromatic N) is 2. The summed E-state index contributed by atoms with van der Waals surface area (Å²) < 4.78 is 66.2. The molecule has 1 aliphatic carbocycles. The minimum Gasteiger partial charge on any atom is -0.354 e. The summed E-state index contributed by atoms with van der Waals surface area (Å²) in [5, 5.41) is 10.6. The molecule has 1 aliphatic heterocycles.